The lowest BCUT2D eigenvalue weighted by Gasteiger charge is -2.17. The Balaban J connectivity index is 1.53. The Kier molecular flexibility index (Phi) is 4.89. The smallest absolute Gasteiger partial charge is 0.276 e. The summed E-state index contributed by atoms with van der Waals surface area (Å²) in [6.07, 6.45) is 3.63. The lowest BCUT2D eigenvalue weighted by molar-refractivity contribution is 0.0794. The molecule has 1 saturated heterocycles. The van der Waals surface area contributed by atoms with Crippen molar-refractivity contribution in [3.8, 4) is 5.69 Å². The number of aromatic nitrogens is 2. The molecular formula is C21H19FN4O2. The van der Waals surface area contributed by atoms with E-state index in [1.807, 2.05) is 0 Å². The normalized spacial score (nSPS) is 13.5. The maximum Gasteiger partial charge on any atom is 0.276 e. The van der Waals surface area contributed by atoms with E-state index < -0.39 is 5.91 Å². The van der Waals surface area contributed by atoms with Gasteiger partial charge in [-0.25, -0.2) is 9.07 Å². The summed E-state index contributed by atoms with van der Waals surface area (Å²) in [4.78, 5) is 27.2. The van der Waals surface area contributed by atoms with Crippen LogP contribution >= 0.6 is 0 Å². The third-order valence-electron chi connectivity index (χ3n) is 4.71. The number of halogens is 1. The maximum atomic E-state index is 13.1. The number of para-hydroxylation sites is 1. The van der Waals surface area contributed by atoms with Crippen molar-refractivity contribution >= 4 is 17.5 Å². The first-order chi connectivity index (χ1) is 13.6. The van der Waals surface area contributed by atoms with Gasteiger partial charge in [0, 0.05) is 19.3 Å². The number of rotatable bonds is 4. The van der Waals surface area contributed by atoms with Crippen LogP contribution in [0.3, 0.4) is 0 Å². The average Bonchev–Trinajstić information content (AvgIpc) is 3.41. The Labute approximate surface area is 161 Å². The van der Waals surface area contributed by atoms with Crippen molar-refractivity contribution in [1.82, 2.24) is 14.7 Å². The molecule has 0 radical (unpaired) electrons. The van der Waals surface area contributed by atoms with E-state index in [2.05, 4.69) is 10.4 Å². The van der Waals surface area contributed by atoms with Gasteiger partial charge in [-0.15, -0.1) is 0 Å². The Hall–Kier alpha value is -3.48. The van der Waals surface area contributed by atoms with Crippen LogP contribution in [0.2, 0.25) is 0 Å². The van der Waals surface area contributed by atoms with Gasteiger partial charge in [-0.05, 0) is 55.3 Å². The van der Waals surface area contributed by atoms with Crippen molar-refractivity contribution in [2.75, 3.05) is 18.4 Å². The first-order valence-corrected chi connectivity index (χ1v) is 9.13. The van der Waals surface area contributed by atoms with Gasteiger partial charge in [0.05, 0.1) is 16.9 Å². The van der Waals surface area contributed by atoms with Gasteiger partial charge in [-0.3, -0.25) is 9.59 Å². The van der Waals surface area contributed by atoms with E-state index in [1.165, 1.54) is 16.8 Å². The van der Waals surface area contributed by atoms with Crippen LogP contribution in [0.4, 0.5) is 10.1 Å². The molecule has 142 valence electrons. The quantitative estimate of drug-likeness (QED) is 0.756. The van der Waals surface area contributed by atoms with Crippen LogP contribution in [-0.4, -0.2) is 39.6 Å². The highest BCUT2D eigenvalue weighted by Crippen LogP contribution is 2.21. The predicted molar refractivity (Wildman–Crippen MR) is 103 cm³/mol. The molecule has 0 saturated carbocycles. The molecule has 2 aromatic carbocycles. The fourth-order valence-electron chi connectivity index (χ4n) is 3.24. The predicted octanol–water partition coefficient (Wildman–Crippen LogP) is 3.50. The largest absolute Gasteiger partial charge is 0.339 e. The number of likely N-dealkylation sites (tertiary alicyclic amines) is 1. The monoisotopic (exact) mass is 378 g/mol. The van der Waals surface area contributed by atoms with Crippen molar-refractivity contribution < 1.29 is 14.0 Å². The summed E-state index contributed by atoms with van der Waals surface area (Å²) in [6, 6.07) is 14.4. The molecule has 1 fully saturated rings. The number of carbonyl (C=O) groups excluding carboxylic acids is 2. The van der Waals surface area contributed by atoms with Crippen molar-refractivity contribution in [3.05, 3.63) is 77.9 Å². The molecule has 0 unspecified atom stereocenters. The molecule has 1 N–H and O–H groups in total. The highest BCUT2D eigenvalue weighted by molar-refractivity contribution is 6.08. The molecule has 2 amide bonds. The van der Waals surface area contributed by atoms with Gasteiger partial charge in [0.15, 0.2) is 5.69 Å². The molecule has 0 spiro atoms. The topological polar surface area (TPSA) is 67.2 Å². The van der Waals surface area contributed by atoms with E-state index in [9.17, 15) is 14.0 Å². The minimum Gasteiger partial charge on any atom is -0.339 e. The molecule has 1 aliphatic rings. The van der Waals surface area contributed by atoms with Gasteiger partial charge >= 0.3 is 0 Å². The minimum atomic E-state index is -0.414. The third-order valence-corrected chi connectivity index (χ3v) is 4.71. The lowest BCUT2D eigenvalue weighted by Crippen LogP contribution is -2.28. The van der Waals surface area contributed by atoms with E-state index >= 15 is 0 Å². The molecule has 0 atom stereocenters. The molecule has 7 heteroatoms. The molecule has 28 heavy (non-hydrogen) atoms. The number of hydrogen-bond acceptors (Lipinski definition) is 3. The van der Waals surface area contributed by atoms with E-state index in [0.717, 1.165) is 25.9 Å². The van der Waals surface area contributed by atoms with E-state index in [4.69, 9.17) is 0 Å². The fraction of sp³-hybridized carbons (Fsp3) is 0.190. The van der Waals surface area contributed by atoms with Crippen LogP contribution in [0.15, 0.2) is 60.8 Å². The number of nitrogens with one attached hydrogen (secondary N) is 1. The average molecular weight is 378 g/mol. The SMILES string of the molecule is O=C(Nc1ccccc1C(=O)N1CCCC1)c1ccn(-c2ccc(F)cc2)n1. The number of anilines is 1. The molecule has 6 nitrogen and oxygen atoms in total. The van der Waals surface area contributed by atoms with Gasteiger partial charge in [0.25, 0.3) is 11.8 Å². The highest BCUT2D eigenvalue weighted by atomic mass is 19.1. The number of hydrogen-bond donors (Lipinski definition) is 1. The Morgan fingerprint density at radius 2 is 1.68 bits per heavy atom. The van der Waals surface area contributed by atoms with Crippen molar-refractivity contribution in [2.24, 2.45) is 0 Å². The van der Waals surface area contributed by atoms with Crippen LogP contribution in [0.25, 0.3) is 5.69 Å². The molecule has 2 heterocycles. The van der Waals surface area contributed by atoms with Crippen LogP contribution < -0.4 is 5.32 Å². The number of benzene rings is 2. The van der Waals surface area contributed by atoms with Crippen LogP contribution in [0.1, 0.15) is 33.7 Å². The molecule has 0 aliphatic carbocycles. The van der Waals surface area contributed by atoms with Gasteiger partial charge in [-0.1, -0.05) is 12.1 Å². The summed E-state index contributed by atoms with van der Waals surface area (Å²) < 4.78 is 14.6. The van der Waals surface area contributed by atoms with E-state index in [1.54, 1.807) is 53.6 Å². The van der Waals surface area contributed by atoms with Crippen LogP contribution in [0.5, 0.6) is 0 Å². The van der Waals surface area contributed by atoms with Crippen LogP contribution in [-0.2, 0) is 0 Å². The molecular weight excluding hydrogens is 359 g/mol. The third kappa shape index (κ3) is 3.64. The summed E-state index contributed by atoms with van der Waals surface area (Å²) in [5.74, 6) is -0.832. The zero-order chi connectivity index (χ0) is 19.5. The fourth-order valence-corrected chi connectivity index (χ4v) is 3.24. The summed E-state index contributed by atoms with van der Waals surface area (Å²) in [7, 11) is 0. The minimum absolute atomic E-state index is 0.0785. The second-order valence-electron chi connectivity index (χ2n) is 6.62. The molecule has 4 rings (SSSR count). The number of amides is 2. The van der Waals surface area contributed by atoms with Crippen molar-refractivity contribution in [3.63, 3.8) is 0 Å². The van der Waals surface area contributed by atoms with Gasteiger partial charge in [0.1, 0.15) is 5.82 Å². The summed E-state index contributed by atoms with van der Waals surface area (Å²) in [5, 5.41) is 7.03. The van der Waals surface area contributed by atoms with Gasteiger partial charge in [-0.2, -0.15) is 5.10 Å². The molecule has 1 aromatic heterocycles. The molecule has 1 aliphatic heterocycles. The molecule has 3 aromatic rings. The zero-order valence-electron chi connectivity index (χ0n) is 15.1. The highest BCUT2D eigenvalue weighted by Gasteiger charge is 2.22. The second-order valence-corrected chi connectivity index (χ2v) is 6.62. The van der Waals surface area contributed by atoms with E-state index in [0.29, 0.717) is 16.9 Å². The van der Waals surface area contributed by atoms with Crippen LogP contribution in [0, 0.1) is 5.82 Å². The summed E-state index contributed by atoms with van der Waals surface area (Å²) in [6.45, 7) is 1.48. The summed E-state index contributed by atoms with van der Waals surface area (Å²) in [5.41, 5.74) is 1.77. The summed E-state index contributed by atoms with van der Waals surface area (Å²) >= 11 is 0. The Morgan fingerprint density at radius 1 is 0.964 bits per heavy atom. The molecule has 0 bridgehead atoms. The van der Waals surface area contributed by atoms with Gasteiger partial charge in [0.2, 0.25) is 0 Å². The van der Waals surface area contributed by atoms with Crippen molar-refractivity contribution in [1.29, 1.82) is 0 Å². The van der Waals surface area contributed by atoms with Crippen molar-refractivity contribution in [2.45, 2.75) is 12.8 Å². The lowest BCUT2D eigenvalue weighted by atomic mass is 10.1. The maximum absolute atomic E-state index is 13.1. The standard InChI is InChI=1S/C21H19FN4O2/c22-15-7-9-16(10-8-15)26-14-11-19(24-26)20(27)23-18-6-2-1-5-17(18)21(28)25-12-3-4-13-25/h1-2,5-11,14H,3-4,12-13H2,(H,23,27). The number of carbonyl (C=O) groups is 2. The van der Waals surface area contributed by atoms with E-state index in [-0.39, 0.29) is 17.4 Å². The Morgan fingerprint density at radius 3 is 2.43 bits per heavy atom. The number of nitrogens with zero attached hydrogens (tertiary/aromatic N) is 3. The van der Waals surface area contributed by atoms with Gasteiger partial charge < -0.3 is 10.2 Å². The first kappa shape index (κ1) is 17.9. The first-order valence-electron chi connectivity index (χ1n) is 9.13. The second kappa shape index (κ2) is 7.64. The Bertz CT molecular complexity index is 1010. The zero-order valence-corrected chi connectivity index (χ0v) is 15.1.